The van der Waals surface area contributed by atoms with Crippen LogP contribution in [0.1, 0.15) is 10.4 Å². The van der Waals surface area contributed by atoms with E-state index >= 15 is 0 Å². The predicted molar refractivity (Wildman–Crippen MR) is 75.3 cm³/mol. The van der Waals surface area contributed by atoms with Crippen LogP contribution in [-0.4, -0.2) is 27.6 Å². The van der Waals surface area contributed by atoms with Crippen molar-refractivity contribution < 1.29 is 4.79 Å². The maximum absolute atomic E-state index is 11.4. The van der Waals surface area contributed by atoms with E-state index < -0.39 is 5.91 Å². The quantitative estimate of drug-likeness (QED) is 0.749. The number of anilines is 1. The fraction of sp³-hybridized carbons (Fsp3) is 0.0714. The van der Waals surface area contributed by atoms with Crippen molar-refractivity contribution in [1.29, 1.82) is 0 Å². The summed E-state index contributed by atoms with van der Waals surface area (Å²) in [5.74, 6) is -0.534. The normalized spacial score (nSPS) is 10.7. The summed E-state index contributed by atoms with van der Waals surface area (Å²) >= 11 is 0. The smallest absolute Gasteiger partial charge is 0.252 e. The molecule has 0 aliphatic carbocycles. The molecule has 0 atom stereocenters. The van der Waals surface area contributed by atoms with Crippen LogP contribution in [0.25, 0.3) is 16.9 Å². The maximum Gasteiger partial charge on any atom is 0.252 e. The van der Waals surface area contributed by atoms with Crippen LogP contribution in [0, 0.1) is 6.33 Å². The van der Waals surface area contributed by atoms with Gasteiger partial charge in [0.25, 0.3) is 5.91 Å². The van der Waals surface area contributed by atoms with Gasteiger partial charge in [-0.25, -0.2) is 9.50 Å². The molecule has 3 aromatic rings. The van der Waals surface area contributed by atoms with E-state index in [1.54, 1.807) is 16.6 Å². The van der Waals surface area contributed by atoms with Crippen molar-refractivity contribution in [2.45, 2.75) is 0 Å². The number of aromatic nitrogens is 3. The molecule has 99 valence electrons. The Kier molecular flexibility index (Phi) is 2.83. The fourth-order valence-corrected chi connectivity index (χ4v) is 2.08. The number of nitrogens with one attached hydrogen (secondary N) is 1. The lowest BCUT2D eigenvalue weighted by Crippen LogP contribution is -2.13. The highest BCUT2D eigenvalue weighted by Gasteiger charge is 2.13. The number of nitrogens with two attached hydrogens (primary N) is 1. The van der Waals surface area contributed by atoms with Gasteiger partial charge in [0.2, 0.25) is 6.33 Å². The Labute approximate surface area is 115 Å². The van der Waals surface area contributed by atoms with Gasteiger partial charge in [0, 0.05) is 18.3 Å². The Morgan fingerprint density at radius 1 is 1.25 bits per heavy atom. The van der Waals surface area contributed by atoms with E-state index in [4.69, 9.17) is 5.73 Å². The third-order valence-corrected chi connectivity index (χ3v) is 3.11. The van der Waals surface area contributed by atoms with E-state index in [2.05, 4.69) is 21.7 Å². The van der Waals surface area contributed by atoms with E-state index in [9.17, 15) is 4.79 Å². The Balaban J connectivity index is 2.19. The molecule has 0 saturated heterocycles. The number of hydrogen-bond acceptors (Lipinski definition) is 4. The monoisotopic (exact) mass is 266 g/mol. The highest BCUT2D eigenvalue weighted by Crippen LogP contribution is 2.23. The Morgan fingerprint density at radius 3 is 2.65 bits per heavy atom. The zero-order chi connectivity index (χ0) is 14.1. The van der Waals surface area contributed by atoms with Gasteiger partial charge in [-0.15, -0.1) is 5.10 Å². The molecular weight excluding hydrogens is 254 g/mol. The summed E-state index contributed by atoms with van der Waals surface area (Å²) in [6.45, 7) is 0. The number of hydrogen-bond donors (Lipinski definition) is 2. The topological polar surface area (TPSA) is 85.3 Å². The minimum atomic E-state index is -0.534. The number of amides is 1. The van der Waals surface area contributed by atoms with E-state index in [1.807, 2.05) is 31.3 Å². The van der Waals surface area contributed by atoms with Crippen LogP contribution in [0.3, 0.4) is 0 Å². The summed E-state index contributed by atoms with van der Waals surface area (Å²) in [4.78, 5) is 15.3. The lowest BCUT2D eigenvalue weighted by atomic mass is 10.1. The first-order valence-electron chi connectivity index (χ1n) is 6.04. The standard InChI is InChI=1S/C14H12N5O/c1-16-10-4-2-9(3-5-10)12-7-6-11(13(15)20)14-17-8-18-19(12)14/h2-7,16H,1H3,(H2,15,20). The SMILES string of the molecule is CNc1ccc(-c2ccc(C(N)=O)c3n[c]nn23)cc1. The molecule has 0 unspecified atom stereocenters. The summed E-state index contributed by atoms with van der Waals surface area (Å²) in [5.41, 5.74) is 8.86. The molecule has 1 radical (unpaired) electrons. The van der Waals surface area contributed by atoms with E-state index in [0.29, 0.717) is 11.2 Å². The molecule has 0 aliphatic heterocycles. The molecule has 3 rings (SSSR count). The predicted octanol–water partition coefficient (Wildman–Crippen LogP) is 1.34. The van der Waals surface area contributed by atoms with E-state index in [1.165, 1.54) is 0 Å². The lowest BCUT2D eigenvalue weighted by Gasteiger charge is -2.07. The third-order valence-electron chi connectivity index (χ3n) is 3.11. The molecule has 0 fully saturated rings. The van der Waals surface area contributed by atoms with Crippen molar-refractivity contribution in [2.75, 3.05) is 12.4 Å². The zero-order valence-electron chi connectivity index (χ0n) is 10.8. The van der Waals surface area contributed by atoms with Gasteiger partial charge in [-0.05, 0) is 24.3 Å². The molecule has 1 amide bonds. The molecule has 20 heavy (non-hydrogen) atoms. The molecule has 0 saturated carbocycles. The Morgan fingerprint density at radius 2 is 2.00 bits per heavy atom. The summed E-state index contributed by atoms with van der Waals surface area (Å²) in [5, 5.41) is 7.10. The first kappa shape index (κ1) is 12.2. The van der Waals surface area contributed by atoms with Crippen molar-refractivity contribution in [1.82, 2.24) is 14.6 Å². The van der Waals surface area contributed by atoms with Gasteiger partial charge in [-0.1, -0.05) is 12.1 Å². The minimum Gasteiger partial charge on any atom is -0.388 e. The lowest BCUT2D eigenvalue weighted by molar-refractivity contribution is 0.100. The number of benzene rings is 1. The average molecular weight is 266 g/mol. The minimum absolute atomic E-state index is 0.328. The number of fused-ring (bicyclic) bond motifs is 1. The van der Waals surface area contributed by atoms with Crippen LogP contribution in [0.2, 0.25) is 0 Å². The first-order chi connectivity index (χ1) is 9.70. The van der Waals surface area contributed by atoms with E-state index in [0.717, 1.165) is 16.9 Å². The first-order valence-corrected chi connectivity index (χ1v) is 6.04. The second-order valence-electron chi connectivity index (χ2n) is 4.27. The third kappa shape index (κ3) is 1.87. The number of primary amides is 1. The molecule has 1 aromatic carbocycles. The summed E-state index contributed by atoms with van der Waals surface area (Å²) < 4.78 is 1.56. The summed E-state index contributed by atoms with van der Waals surface area (Å²) in [6.07, 6.45) is 2.51. The fourth-order valence-electron chi connectivity index (χ4n) is 2.08. The van der Waals surface area contributed by atoms with Gasteiger partial charge in [0.15, 0.2) is 5.65 Å². The van der Waals surface area contributed by atoms with Crippen molar-refractivity contribution in [3.63, 3.8) is 0 Å². The van der Waals surface area contributed by atoms with E-state index in [-0.39, 0.29) is 0 Å². The Hall–Kier alpha value is -2.89. The van der Waals surface area contributed by atoms with Crippen LogP contribution in [0.5, 0.6) is 0 Å². The van der Waals surface area contributed by atoms with Crippen LogP contribution in [0.15, 0.2) is 36.4 Å². The summed E-state index contributed by atoms with van der Waals surface area (Å²) in [6, 6.07) is 11.3. The zero-order valence-corrected chi connectivity index (χ0v) is 10.8. The molecular formula is C14H12N5O. The van der Waals surface area contributed by atoms with Crippen LogP contribution in [0.4, 0.5) is 5.69 Å². The van der Waals surface area contributed by atoms with Crippen LogP contribution < -0.4 is 11.1 Å². The second-order valence-corrected chi connectivity index (χ2v) is 4.27. The number of pyridine rings is 1. The molecule has 6 nitrogen and oxygen atoms in total. The molecule has 3 N–H and O–H groups in total. The van der Waals surface area contributed by atoms with Crippen molar-refractivity contribution in [3.05, 3.63) is 48.3 Å². The highest BCUT2D eigenvalue weighted by molar-refractivity contribution is 5.99. The second kappa shape index (κ2) is 4.65. The van der Waals surface area contributed by atoms with Crippen LogP contribution in [-0.2, 0) is 0 Å². The number of carbonyl (C=O) groups excluding carboxylic acids is 1. The molecule has 0 spiro atoms. The molecule has 0 bridgehead atoms. The van der Waals surface area contributed by atoms with Crippen molar-refractivity contribution in [3.8, 4) is 11.3 Å². The molecule has 0 aliphatic rings. The van der Waals surface area contributed by atoms with Crippen LogP contribution >= 0.6 is 0 Å². The van der Waals surface area contributed by atoms with Gasteiger partial charge in [-0.2, -0.15) is 0 Å². The number of rotatable bonds is 3. The van der Waals surface area contributed by atoms with Gasteiger partial charge in [0.05, 0.1) is 11.3 Å². The molecule has 6 heteroatoms. The number of carbonyl (C=O) groups is 1. The maximum atomic E-state index is 11.4. The molecule has 2 aromatic heterocycles. The molecule has 2 heterocycles. The van der Waals surface area contributed by atoms with Crippen molar-refractivity contribution in [2.24, 2.45) is 5.73 Å². The largest absolute Gasteiger partial charge is 0.388 e. The van der Waals surface area contributed by atoms with Gasteiger partial charge in [-0.3, -0.25) is 4.79 Å². The highest BCUT2D eigenvalue weighted by atomic mass is 16.1. The van der Waals surface area contributed by atoms with Gasteiger partial charge >= 0.3 is 0 Å². The Bertz CT molecular complexity index is 776. The van der Waals surface area contributed by atoms with Gasteiger partial charge < -0.3 is 11.1 Å². The van der Waals surface area contributed by atoms with Gasteiger partial charge in [0.1, 0.15) is 0 Å². The average Bonchev–Trinajstić information content (AvgIpc) is 2.95. The van der Waals surface area contributed by atoms with Crippen molar-refractivity contribution >= 4 is 17.2 Å². The summed E-state index contributed by atoms with van der Waals surface area (Å²) in [7, 11) is 1.86. The number of nitrogens with zero attached hydrogens (tertiary/aromatic N) is 3.